The molecule has 5 nitrogen and oxygen atoms in total. The molecule has 1 aromatic rings. The number of phenolic OH excluding ortho intramolecular Hbond substituents is 1. The molecular formula is C20H29NO4S. The number of ether oxygens (including phenoxy) is 2. The number of rotatable bonds is 10. The molecule has 1 aromatic carbocycles. The summed E-state index contributed by atoms with van der Waals surface area (Å²) in [6.45, 7) is 6.96. The minimum Gasteiger partial charge on any atom is -0.507 e. The maximum absolute atomic E-state index is 12.2. The number of carbonyl (C=O) groups excluding carboxylic acids is 1. The number of hydrogen-bond donors (Lipinski definition) is 1. The van der Waals surface area contributed by atoms with Crippen LogP contribution in [0.3, 0.4) is 0 Å². The second kappa shape index (κ2) is 9.86. The lowest BCUT2D eigenvalue weighted by molar-refractivity contribution is -0.148. The molecule has 2 rings (SSSR count). The monoisotopic (exact) mass is 379 g/mol. The Morgan fingerprint density at radius 3 is 2.73 bits per heavy atom. The molecule has 1 N–H and O–H groups in total. The SMILES string of the molecule is CCCCCCOc1ccc(C2=N[C@@](C)(C(=O)OCCC)CS2)c(O)c1. The molecule has 0 bridgehead atoms. The predicted molar refractivity (Wildman–Crippen MR) is 106 cm³/mol. The summed E-state index contributed by atoms with van der Waals surface area (Å²) in [6.07, 6.45) is 5.36. The fourth-order valence-corrected chi connectivity index (χ4v) is 3.79. The van der Waals surface area contributed by atoms with Gasteiger partial charge in [0.05, 0.1) is 13.2 Å². The Balaban J connectivity index is 2.00. The largest absolute Gasteiger partial charge is 0.507 e. The van der Waals surface area contributed by atoms with Gasteiger partial charge in [0.25, 0.3) is 0 Å². The molecule has 1 heterocycles. The Bertz CT molecular complexity index is 647. The van der Waals surface area contributed by atoms with E-state index in [4.69, 9.17) is 9.47 Å². The van der Waals surface area contributed by atoms with Crippen molar-refractivity contribution in [3.63, 3.8) is 0 Å². The fraction of sp³-hybridized carbons (Fsp3) is 0.600. The van der Waals surface area contributed by atoms with E-state index in [1.807, 2.05) is 13.0 Å². The van der Waals surface area contributed by atoms with Gasteiger partial charge in [0.1, 0.15) is 16.5 Å². The molecule has 0 aliphatic carbocycles. The summed E-state index contributed by atoms with van der Waals surface area (Å²) in [5.41, 5.74) is -0.267. The third kappa shape index (κ3) is 5.40. The first-order chi connectivity index (χ1) is 12.5. The van der Waals surface area contributed by atoms with Gasteiger partial charge in [0.15, 0.2) is 5.54 Å². The van der Waals surface area contributed by atoms with E-state index >= 15 is 0 Å². The van der Waals surface area contributed by atoms with E-state index in [-0.39, 0.29) is 11.7 Å². The van der Waals surface area contributed by atoms with Crippen LogP contribution in [0.5, 0.6) is 11.5 Å². The van der Waals surface area contributed by atoms with E-state index in [0.29, 0.717) is 35.3 Å². The quantitative estimate of drug-likeness (QED) is 0.477. The van der Waals surface area contributed by atoms with Crippen molar-refractivity contribution in [2.75, 3.05) is 19.0 Å². The zero-order valence-corrected chi connectivity index (χ0v) is 16.7. The summed E-state index contributed by atoms with van der Waals surface area (Å²) >= 11 is 1.46. The maximum Gasteiger partial charge on any atom is 0.334 e. The van der Waals surface area contributed by atoms with Crippen LogP contribution >= 0.6 is 11.8 Å². The van der Waals surface area contributed by atoms with Crippen LogP contribution in [-0.4, -0.2) is 40.6 Å². The number of unbranched alkanes of at least 4 members (excludes halogenated alkanes) is 3. The zero-order chi connectivity index (χ0) is 19.0. The molecule has 6 heteroatoms. The molecule has 1 atom stereocenters. The fourth-order valence-electron chi connectivity index (χ4n) is 2.59. The first-order valence-corrected chi connectivity index (χ1v) is 10.3. The molecule has 1 aliphatic rings. The summed E-state index contributed by atoms with van der Waals surface area (Å²) in [5.74, 6) is 0.971. The van der Waals surface area contributed by atoms with Gasteiger partial charge < -0.3 is 14.6 Å². The third-order valence-electron chi connectivity index (χ3n) is 4.18. The van der Waals surface area contributed by atoms with Crippen LogP contribution < -0.4 is 4.74 Å². The van der Waals surface area contributed by atoms with E-state index in [9.17, 15) is 9.90 Å². The number of aliphatic imine (C=N–C) groups is 1. The molecule has 0 radical (unpaired) electrons. The van der Waals surface area contributed by atoms with Crippen LogP contribution in [0.1, 0.15) is 58.4 Å². The lowest BCUT2D eigenvalue weighted by Crippen LogP contribution is -2.35. The highest BCUT2D eigenvalue weighted by Gasteiger charge is 2.40. The second-order valence-electron chi connectivity index (χ2n) is 6.70. The molecule has 0 fully saturated rings. The van der Waals surface area contributed by atoms with Gasteiger partial charge in [-0.3, -0.25) is 4.99 Å². The smallest absolute Gasteiger partial charge is 0.334 e. The van der Waals surface area contributed by atoms with E-state index in [2.05, 4.69) is 11.9 Å². The number of thioether (sulfide) groups is 1. The molecule has 0 amide bonds. The number of esters is 1. The van der Waals surface area contributed by atoms with Crippen molar-refractivity contribution in [2.24, 2.45) is 4.99 Å². The highest BCUT2D eigenvalue weighted by molar-refractivity contribution is 8.14. The molecule has 0 unspecified atom stereocenters. The summed E-state index contributed by atoms with van der Waals surface area (Å²) in [4.78, 5) is 16.7. The minimum absolute atomic E-state index is 0.119. The molecule has 1 aliphatic heterocycles. The Labute approximate surface area is 160 Å². The minimum atomic E-state index is -0.893. The van der Waals surface area contributed by atoms with Gasteiger partial charge in [-0.25, -0.2) is 4.79 Å². The van der Waals surface area contributed by atoms with Crippen molar-refractivity contribution in [3.8, 4) is 11.5 Å². The summed E-state index contributed by atoms with van der Waals surface area (Å²) in [6, 6.07) is 5.25. The lowest BCUT2D eigenvalue weighted by atomic mass is 10.1. The van der Waals surface area contributed by atoms with Crippen LogP contribution in [0, 0.1) is 0 Å². The van der Waals surface area contributed by atoms with E-state index in [1.165, 1.54) is 24.6 Å². The van der Waals surface area contributed by atoms with Crippen molar-refractivity contribution in [1.29, 1.82) is 0 Å². The standard InChI is InChI=1S/C20H29NO4S/c1-4-6-7-8-12-24-15-9-10-16(17(22)13-15)18-21-20(3,14-26-18)19(23)25-11-5-2/h9-10,13,22H,4-8,11-12,14H2,1-3H3/t20-/m1/s1. The van der Waals surface area contributed by atoms with Crippen molar-refractivity contribution in [3.05, 3.63) is 23.8 Å². The highest BCUT2D eigenvalue weighted by Crippen LogP contribution is 2.36. The molecule has 144 valence electrons. The van der Waals surface area contributed by atoms with Gasteiger partial charge in [0.2, 0.25) is 0 Å². The molecule has 0 spiro atoms. The highest BCUT2D eigenvalue weighted by atomic mass is 32.2. The number of hydrogen-bond acceptors (Lipinski definition) is 6. The van der Waals surface area contributed by atoms with Gasteiger partial charge in [-0.2, -0.15) is 0 Å². The number of carbonyl (C=O) groups is 1. The molecule has 0 aromatic heterocycles. The Morgan fingerprint density at radius 1 is 1.23 bits per heavy atom. The molecule has 26 heavy (non-hydrogen) atoms. The second-order valence-corrected chi connectivity index (χ2v) is 7.67. The van der Waals surface area contributed by atoms with Gasteiger partial charge >= 0.3 is 5.97 Å². The van der Waals surface area contributed by atoms with Gasteiger partial charge in [-0.15, -0.1) is 11.8 Å². The number of nitrogens with zero attached hydrogens (tertiary/aromatic N) is 1. The van der Waals surface area contributed by atoms with Crippen LogP contribution in [0.2, 0.25) is 0 Å². The lowest BCUT2D eigenvalue weighted by Gasteiger charge is -2.17. The van der Waals surface area contributed by atoms with E-state index in [0.717, 1.165) is 19.3 Å². The van der Waals surface area contributed by atoms with Crippen LogP contribution in [0.25, 0.3) is 0 Å². The van der Waals surface area contributed by atoms with Crippen LogP contribution in [0.15, 0.2) is 23.2 Å². The van der Waals surface area contributed by atoms with E-state index < -0.39 is 5.54 Å². The first-order valence-electron chi connectivity index (χ1n) is 9.36. The number of benzene rings is 1. The summed E-state index contributed by atoms with van der Waals surface area (Å²) in [5, 5.41) is 11.0. The normalized spacial score (nSPS) is 19.3. The topological polar surface area (TPSA) is 68.1 Å². The average molecular weight is 380 g/mol. The third-order valence-corrected chi connectivity index (χ3v) is 5.47. The maximum atomic E-state index is 12.2. The van der Waals surface area contributed by atoms with Crippen molar-refractivity contribution in [1.82, 2.24) is 0 Å². The number of phenols is 1. The number of aromatic hydroxyl groups is 1. The first kappa shape index (κ1) is 20.6. The van der Waals surface area contributed by atoms with Crippen LogP contribution in [-0.2, 0) is 9.53 Å². The van der Waals surface area contributed by atoms with Gasteiger partial charge in [0, 0.05) is 17.4 Å². The van der Waals surface area contributed by atoms with Crippen molar-refractivity contribution < 1.29 is 19.4 Å². The Kier molecular flexibility index (Phi) is 7.82. The van der Waals surface area contributed by atoms with Crippen molar-refractivity contribution >= 4 is 22.8 Å². The Hall–Kier alpha value is -1.69. The molecule has 0 saturated heterocycles. The Morgan fingerprint density at radius 2 is 2.04 bits per heavy atom. The van der Waals surface area contributed by atoms with Crippen LogP contribution in [0.4, 0.5) is 0 Å². The summed E-state index contributed by atoms with van der Waals surface area (Å²) < 4.78 is 10.9. The van der Waals surface area contributed by atoms with Gasteiger partial charge in [-0.1, -0.05) is 33.1 Å². The van der Waals surface area contributed by atoms with Crippen molar-refractivity contribution in [2.45, 2.75) is 58.4 Å². The average Bonchev–Trinajstić information content (AvgIpc) is 3.03. The molecular weight excluding hydrogens is 350 g/mol. The zero-order valence-electron chi connectivity index (χ0n) is 15.9. The van der Waals surface area contributed by atoms with Gasteiger partial charge in [-0.05, 0) is 31.9 Å². The molecule has 0 saturated carbocycles. The summed E-state index contributed by atoms with van der Waals surface area (Å²) in [7, 11) is 0. The predicted octanol–water partition coefficient (Wildman–Crippen LogP) is 4.56. The van der Waals surface area contributed by atoms with E-state index in [1.54, 1.807) is 19.1 Å².